The van der Waals surface area contributed by atoms with Crippen LogP contribution in [-0.4, -0.2) is 35.2 Å². The predicted molar refractivity (Wildman–Crippen MR) is 154 cm³/mol. The minimum atomic E-state index is -0.586. The fourth-order valence-electron chi connectivity index (χ4n) is 3.96. The highest BCUT2D eigenvalue weighted by atomic mass is 35.5. The Morgan fingerprint density at radius 2 is 1.60 bits per heavy atom. The van der Waals surface area contributed by atoms with Gasteiger partial charge in [0, 0.05) is 16.9 Å². The number of imide groups is 1. The fraction of sp³-hybridized carbons (Fsp3) is 0.226. The van der Waals surface area contributed by atoms with E-state index in [2.05, 4.69) is 24.5 Å². The highest BCUT2D eigenvalue weighted by molar-refractivity contribution is 6.48. The molecule has 0 aliphatic carbocycles. The lowest BCUT2D eigenvalue weighted by atomic mass is 10.1. The van der Waals surface area contributed by atoms with Crippen LogP contribution in [0.3, 0.4) is 0 Å². The van der Waals surface area contributed by atoms with Crippen molar-refractivity contribution in [1.82, 2.24) is 4.90 Å². The van der Waals surface area contributed by atoms with Gasteiger partial charge in [-0.1, -0.05) is 61.8 Å². The number of nitrogens with zero attached hydrogens (tertiary/aromatic N) is 1. The van der Waals surface area contributed by atoms with Crippen molar-refractivity contribution >= 4 is 46.7 Å². The largest absolute Gasteiger partial charge is 0.462 e. The van der Waals surface area contributed by atoms with Crippen LogP contribution in [-0.2, 0) is 20.9 Å². The summed E-state index contributed by atoms with van der Waals surface area (Å²) in [7, 11) is 0. The number of rotatable bonds is 10. The molecular weight excluding hydrogens is 530 g/mol. The van der Waals surface area contributed by atoms with Gasteiger partial charge in [0.1, 0.15) is 10.7 Å². The average molecular weight is 560 g/mol. The van der Waals surface area contributed by atoms with Crippen LogP contribution in [0.1, 0.15) is 52.1 Å². The Balaban J connectivity index is 1.42. The molecule has 0 saturated heterocycles. The zero-order chi connectivity index (χ0) is 28.8. The molecule has 0 aromatic heterocycles. The van der Waals surface area contributed by atoms with Crippen LogP contribution in [0.25, 0.3) is 0 Å². The number of hydrogen-bond acceptors (Lipinski definition) is 6. The molecule has 3 amide bonds. The lowest BCUT2D eigenvalue weighted by Crippen LogP contribution is -2.31. The number of anilines is 2. The molecule has 1 aliphatic heterocycles. The first-order valence-corrected chi connectivity index (χ1v) is 13.3. The van der Waals surface area contributed by atoms with E-state index >= 15 is 0 Å². The summed E-state index contributed by atoms with van der Waals surface area (Å²) in [5.41, 5.74) is 3.17. The number of amides is 3. The van der Waals surface area contributed by atoms with E-state index in [0.717, 1.165) is 22.4 Å². The van der Waals surface area contributed by atoms with E-state index in [9.17, 15) is 19.2 Å². The third kappa shape index (κ3) is 6.76. The van der Waals surface area contributed by atoms with Crippen LogP contribution in [0.15, 0.2) is 83.5 Å². The van der Waals surface area contributed by atoms with Gasteiger partial charge in [-0.05, 0) is 66.8 Å². The van der Waals surface area contributed by atoms with E-state index in [1.165, 1.54) is 0 Å². The van der Waals surface area contributed by atoms with Crippen molar-refractivity contribution in [2.45, 2.75) is 33.7 Å². The minimum absolute atomic E-state index is 0.0425. The molecule has 1 heterocycles. The second kappa shape index (κ2) is 12.6. The minimum Gasteiger partial charge on any atom is -0.462 e. The molecule has 206 valence electrons. The molecule has 40 heavy (non-hydrogen) atoms. The monoisotopic (exact) mass is 559 g/mol. The maximum atomic E-state index is 13.1. The number of hydrogen-bond donors (Lipinski definition) is 2. The summed E-state index contributed by atoms with van der Waals surface area (Å²) in [4.78, 5) is 52.0. The molecule has 3 aromatic carbocycles. The normalized spacial score (nSPS) is 13.2. The van der Waals surface area contributed by atoms with Gasteiger partial charge in [-0.2, -0.15) is 0 Å². The molecule has 0 atom stereocenters. The van der Waals surface area contributed by atoms with Crippen molar-refractivity contribution < 1.29 is 23.9 Å². The van der Waals surface area contributed by atoms with Gasteiger partial charge in [-0.25, -0.2) is 4.79 Å². The molecule has 0 spiro atoms. The summed E-state index contributed by atoms with van der Waals surface area (Å²) in [6.45, 7) is 6.36. The zero-order valence-electron chi connectivity index (χ0n) is 22.5. The zero-order valence-corrected chi connectivity index (χ0v) is 23.2. The van der Waals surface area contributed by atoms with E-state index < -0.39 is 23.7 Å². The first-order chi connectivity index (χ1) is 19.1. The Hall–Kier alpha value is -4.43. The molecule has 0 fully saturated rings. The van der Waals surface area contributed by atoms with Gasteiger partial charge >= 0.3 is 5.97 Å². The van der Waals surface area contributed by atoms with Gasteiger partial charge in [-0.3, -0.25) is 19.3 Å². The van der Waals surface area contributed by atoms with Crippen LogP contribution in [0.4, 0.5) is 11.4 Å². The summed E-state index contributed by atoms with van der Waals surface area (Å²) >= 11 is 6.27. The Bertz CT molecular complexity index is 1470. The Kier molecular flexibility index (Phi) is 9.01. The molecule has 9 heteroatoms. The lowest BCUT2D eigenvalue weighted by molar-refractivity contribution is -0.138. The van der Waals surface area contributed by atoms with Crippen molar-refractivity contribution in [3.05, 3.63) is 106 Å². The molecule has 2 N–H and O–H groups in total. The Labute approximate surface area is 238 Å². The highest BCUT2D eigenvalue weighted by Crippen LogP contribution is 2.29. The van der Waals surface area contributed by atoms with Gasteiger partial charge < -0.3 is 15.4 Å². The second-order valence-electron chi connectivity index (χ2n) is 9.88. The van der Waals surface area contributed by atoms with Crippen LogP contribution in [0.2, 0.25) is 0 Å². The molecular formula is C31H30ClN3O5. The van der Waals surface area contributed by atoms with Crippen LogP contribution >= 0.6 is 11.6 Å². The summed E-state index contributed by atoms with van der Waals surface area (Å²) in [6, 6.07) is 20.5. The molecule has 8 nitrogen and oxygen atoms in total. The molecule has 3 aromatic rings. The van der Waals surface area contributed by atoms with Gasteiger partial charge in [0.2, 0.25) is 0 Å². The van der Waals surface area contributed by atoms with E-state index in [1.54, 1.807) is 49.4 Å². The van der Waals surface area contributed by atoms with Gasteiger partial charge in [0.15, 0.2) is 0 Å². The number of esters is 1. The van der Waals surface area contributed by atoms with Crippen LogP contribution in [0.5, 0.6) is 0 Å². The van der Waals surface area contributed by atoms with Crippen LogP contribution in [0, 0.1) is 12.8 Å². The number of benzene rings is 3. The fourth-order valence-corrected chi connectivity index (χ4v) is 4.19. The SMILES string of the molecule is Cc1ccc(C(=O)Nc2ccc(C(=O)OCCC(C)C)cc2)cc1NC1=C(Cl)C(=O)N(Cc2ccccc2)C1=O. The lowest BCUT2D eigenvalue weighted by Gasteiger charge is -2.16. The first kappa shape index (κ1) is 28.6. The summed E-state index contributed by atoms with van der Waals surface area (Å²) in [5.74, 6) is -1.50. The van der Waals surface area contributed by atoms with Crippen molar-refractivity contribution in [2.24, 2.45) is 5.92 Å². The number of aryl methyl sites for hydroxylation is 1. The Morgan fingerprint density at radius 1 is 0.925 bits per heavy atom. The van der Waals surface area contributed by atoms with Gasteiger partial charge in [-0.15, -0.1) is 0 Å². The molecule has 0 bridgehead atoms. The standard InChI is InChI=1S/C31H30ClN3O5/c1-19(2)15-16-40-31(39)22-11-13-24(14-12-22)33-28(36)23-10-9-20(3)25(17-23)34-27-26(32)29(37)35(30(27)38)18-21-7-5-4-6-8-21/h4-14,17,19,34H,15-16,18H2,1-3H3,(H,33,36). The van der Waals surface area contributed by atoms with Gasteiger partial charge in [0.05, 0.1) is 18.7 Å². The summed E-state index contributed by atoms with van der Waals surface area (Å²) < 4.78 is 5.27. The third-order valence-electron chi connectivity index (χ3n) is 6.36. The first-order valence-electron chi connectivity index (χ1n) is 12.9. The number of carbonyl (C=O) groups is 4. The van der Waals surface area contributed by atoms with E-state index in [0.29, 0.717) is 35.0 Å². The topological polar surface area (TPSA) is 105 Å². The van der Waals surface area contributed by atoms with Crippen molar-refractivity contribution in [1.29, 1.82) is 0 Å². The summed E-state index contributed by atoms with van der Waals surface area (Å²) in [5, 5.41) is 5.55. The molecule has 4 rings (SSSR count). The summed E-state index contributed by atoms with van der Waals surface area (Å²) in [6.07, 6.45) is 0.785. The van der Waals surface area contributed by atoms with Gasteiger partial charge in [0.25, 0.3) is 17.7 Å². The van der Waals surface area contributed by atoms with Crippen molar-refractivity contribution in [3.63, 3.8) is 0 Å². The number of nitrogens with one attached hydrogen (secondary N) is 2. The second-order valence-corrected chi connectivity index (χ2v) is 10.3. The molecule has 0 radical (unpaired) electrons. The maximum absolute atomic E-state index is 13.1. The number of halogens is 1. The van der Waals surface area contributed by atoms with E-state index in [4.69, 9.17) is 16.3 Å². The Morgan fingerprint density at radius 3 is 2.27 bits per heavy atom. The predicted octanol–water partition coefficient (Wildman–Crippen LogP) is 5.88. The molecule has 1 aliphatic rings. The highest BCUT2D eigenvalue weighted by Gasteiger charge is 2.38. The average Bonchev–Trinajstić information content (AvgIpc) is 3.13. The molecule has 0 saturated carbocycles. The maximum Gasteiger partial charge on any atom is 0.338 e. The number of ether oxygens (including phenoxy) is 1. The smallest absolute Gasteiger partial charge is 0.338 e. The van der Waals surface area contributed by atoms with Crippen molar-refractivity contribution in [3.8, 4) is 0 Å². The molecule has 0 unspecified atom stereocenters. The van der Waals surface area contributed by atoms with Crippen LogP contribution < -0.4 is 10.6 Å². The van der Waals surface area contributed by atoms with Crippen molar-refractivity contribution in [2.75, 3.05) is 17.2 Å². The quantitative estimate of drug-likeness (QED) is 0.237. The third-order valence-corrected chi connectivity index (χ3v) is 6.71. The van der Waals surface area contributed by atoms with E-state index in [-0.39, 0.29) is 17.3 Å². The number of carbonyl (C=O) groups excluding carboxylic acids is 4. The van der Waals surface area contributed by atoms with E-state index in [1.807, 2.05) is 30.3 Å².